The Morgan fingerprint density at radius 1 is 0.889 bits per heavy atom. The molecular weight excluding hydrogens is 360 g/mol. The summed E-state index contributed by atoms with van der Waals surface area (Å²) < 4.78 is 28.4. The van der Waals surface area contributed by atoms with Crippen molar-refractivity contribution >= 4 is 15.8 Å². The van der Waals surface area contributed by atoms with Crippen molar-refractivity contribution in [2.45, 2.75) is 115 Å². The number of allylic oxidation sites excluding steroid dienone is 2. The van der Waals surface area contributed by atoms with E-state index in [1.165, 1.54) is 57.8 Å². The van der Waals surface area contributed by atoms with Crippen molar-refractivity contribution in [1.82, 2.24) is 0 Å². The molecular formula is C22H40O4S. The lowest BCUT2D eigenvalue weighted by atomic mass is 10.1. The van der Waals surface area contributed by atoms with Gasteiger partial charge in [0.15, 0.2) is 9.84 Å². The van der Waals surface area contributed by atoms with E-state index in [-0.39, 0.29) is 11.7 Å². The maximum absolute atomic E-state index is 11.7. The Bertz CT molecular complexity index is 510. The van der Waals surface area contributed by atoms with E-state index in [9.17, 15) is 13.2 Å². The van der Waals surface area contributed by atoms with E-state index in [0.29, 0.717) is 19.3 Å². The van der Waals surface area contributed by atoms with Gasteiger partial charge in [0.25, 0.3) is 0 Å². The Balaban J connectivity index is 1.86. The summed E-state index contributed by atoms with van der Waals surface area (Å²) in [6.45, 7) is 2.25. The minimum absolute atomic E-state index is 0.151. The van der Waals surface area contributed by atoms with Crippen LogP contribution < -0.4 is 0 Å². The summed E-state index contributed by atoms with van der Waals surface area (Å²) in [5.74, 6) is -0.207. The van der Waals surface area contributed by atoms with Crippen LogP contribution in [0.15, 0.2) is 12.2 Å². The topological polar surface area (TPSA) is 60.4 Å². The van der Waals surface area contributed by atoms with E-state index in [4.69, 9.17) is 4.74 Å². The molecule has 0 N–H and O–H groups in total. The molecule has 1 unspecified atom stereocenters. The number of hydrogen-bond acceptors (Lipinski definition) is 4. The minimum atomic E-state index is -3.19. The molecule has 0 spiro atoms. The molecule has 1 rings (SSSR count). The smallest absolute Gasteiger partial charge is 0.307 e. The van der Waals surface area contributed by atoms with Gasteiger partial charge in [-0.15, -0.1) is 0 Å². The van der Waals surface area contributed by atoms with E-state index in [1.807, 2.05) is 0 Å². The lowest BCUT2D eigenvalue weighted by molar-refractivity contribution is -0.145. The van der Waals surface area contributed by atoms with E-state index >= 15 is 0 Å². The normalized spacial score (nSPS) is 18.9. The predicted octanol–water partition coefficient (Wildman–Crippen LogP) is 6.10. The monoisotopic (exact) mass is 400 g/mol. The van der Waals surface area contributed by atoms with Gasteiger partial charge >= 0.3 is 5.97 Å². The molecule has 1 atom stereocenters. The third-order valence-electron chi connectivity index (χ3n) is 5.17. The van der Waals surface area contributed by atoms with Crippen LogP contribution in [0.2, 0.25) is 0 Å². The summed E-state index contributed by atoms with van der Waals surface area (Å²) in [7, 11) is -3.19. The van der Waals surface area contributed by atoms with Crippen molar-refractivity contribution < 1.29 is 17.9 Å². The van der Waals surface area contributed by atoms with Gasteiger partial charge in [0.05, 0.1) is 5.75 Å². The zero-order chi connectivity index (χ0) is 19.8. The SMILES string of the molecule is CCCCCCCC/C=C\CCCCCCCC(=O)OC1CCCS1(=O)=O. The number of hydrogen-bond donors (Lipinski definition) is 0. The number of sulfone groups is 1. The third-order valence-corrected chi connectivity index (χ3v) is 7.17. The van der Waals surface area contributed by atoms with Crippen LogP contribution in [0.3, 0.4) is 0 Å². The van der Waals surface area contributed by atoms with E-state index < -0.39 is 15.3 Å². The van der Waals surface area contributed by atoms with Gasteiger partial charge in [0.1, 0.15) is 0 Å². The molecule has 5 heteroatoms. The maximum Gasteiger partial charge on any atom is 0.307 e. The van der Waals surface area contributed by atoms with Crippen LogP contribution >= 0.6 is 0 Å². The number of carbonyl (C=O) groups excluding carboxylic acids is 1. The average Bonchev–Trinajstić information content (AvgIpc) is 2.96. The van der Waals surface area contributed by atoms with Crippen molar-refractivity contribution in [3.05, 3.63) is 12.2 Å². The summed E-state index contributed by atoms with van der Waals surface area (Å²) in [5.41, 5.74) is -0.881. The molecule has 0 radical (unpaired) electrons. The zero-order valence-corrected chi connectivity index (χ0v) is 18.1. The molecule has 0 aromatic carbocycles. The molecule has 1 aliphatic rings. The Kier molecular flexibility index (Phi) is 13.6. The van der Waals surface area contributed by atoms with Gasteiger partial charge in [-0.1, -0.05) is 70.4 Å². The Morgan fingerprint density at radius 2 is 1.44 bits per heavy atom. The third kappa shape index (κ3) is 12.3. The Labute approximate surface area is 167 Å². The molecule has 0 amide bonds. The fraction of sp³-hybridized carbons (Fsp3) is 0.864. The van der Waals surface area contributed by atoms with Crippen LogP contribution in [-0.2, 0) is 19.4 Å². The molecule has 0 aliphatic carbocycles. The van der Waals surface area contributed by atoms with Crippen molar-refractivity contribution in [1.29, 1.82) is 0 Å². The fourth-order valence-corrected chi connectivity index (χ4v) is 5.05. The van der Waals surface area contributed by atoms with Crippen LogP contribution in [-0.4, -0.2) is 25.6 Å². The fourth-order valence-electron chi connectivity index (χ4n) is 3.44. The molecule has 0 saturated carbocycles. The van der Waals surface area contributed by atoms with Crippen LogP contribution in [0.5, 0.6) is 0 Å². The maximum atomic E-state index is 11.7. The molecule has 0 aromatic heterocycles. The number of unbranched alkanes of at least 4 members (excludes halogenated alkanes) is 11. The van der Waals surface area contributed by atoms with E-state index in [2.05, 4.69) is 19.1 Å². The first-order valence-electron chi connectivity index (χ1n) is 11.1. The standard InChI is InChI=1S/C22H40O4S/c1-2-3-4-5-6-7-8-9-10-11-12-13-14-15-16-18-21(23)26-22-19-17-20-27(22,24)25/h9-10,22H,2-8,11-20H2,1H3/b10-9-. The first-order valence-corrected chi connectivity index (χ1v) is 12.8. The summed E-state index contributed by atoms with van der Waals surface area (Å²) in [5, 5.41) is 0. The second kappa shape index (κ2) is 15.1. The molecule has 158 valence electrons. The lowest BCUT2D eigenvalue weighted by Gasteiger charge is -2.11. The predicted molar refractivity (Wildman–Crippen MR) is 112 cm³/mol. The van der Waals surface area contributed by atoms with Gasteiger partial charge in [0.2, 0.25) is 5.44 Å². The van der Waals surface area contributed by atoms with Crippen LogP contribution in [0.1, 0.15) is 110 Å². The summed E-state index contributed by atoms with van der Waals surface area (Å²) in [4.78, 5) is 11.7. The molecule has 1 aliphatic heterocycles. The first-order chi connectivity index (χ1) is 13.1. The minimum Gasteiger partial charge on any atom is -0.446 e. The van der Waals surface area contributed by atoms with Crippen LogP contribution in [0.4, 0.5) is 0 Å². The van der Waals surface area contributed by atoms with Gasteiger partial charge in [-0.2, -0.15) is 0 Å². The van der Waals surface area contributed by atoms with Gasteiger partial charge < -0.3 is 4.74 Å². The van der Waals surface area contributed by atoms with Crippen LogP contribution in [0.25, 0.3) is 0 Å². The van der Waals surface area contributed by atoms with Gasteiger partial charge in [-0.05, 0) is 44.9 Å². The lowest BCUT2D eigenvalue weighted by Crippen LogP contribution is -2.23. The molecule has 1 heterocycles. The number of esters is 1. The Morgan fingerprint density at radius 3 is 2.00 bits per heavy atom. The van der Waals surface area contributed by atoms with E-state index in [1.54, 1.807) is 0 Å². The second-order valence-electron chi connectivity index (χ2n) is 7.76. The van der Waals surface area contributed by atoms with Crippen molar-refractivity contribution in [2.75, 3.05) is 5.75 Å². The quantitative estimate of drug-likeness (QED) is 0.178. The highest BCUT2D eigenvalue weighted by molar-refractivity contribution is 7.92. The average molecular weight is 401 g/mol. The number of carbonyl (C=O) groups is 1. The second-order valence-corrected chi connectivity index (χ2v) is 10.0. The number of rotatable bonds is 16. The number of ether oxygens (including phenoxy) is 1. The highest BCUT2D eigenvalue weighted by Crippen LogP contribution is 2.21. The summed E-state index contributed by atoms with van der Waals surface area (Å²) >= 11 is 0. The van der Waals surface area contributed by atoms with Crippen LogP contribution in [0, 0.1) is 0 Å². The van der Waals surface area contributed by atoms with Crippen molar-refractivity contribution in [3.8, 4) is 0 Å². The molecule has 0 aromatic rings. The highest BCUT2D eigenvalue weighted by Gasteiger charge is 2.34. The molecule has 1 saturated heterocycles. The first kappa shape index (κ1) is 24.2. The summed E-state index contributed by atoms with van der Waals surface area (Å²) in [6, 6.07) is 0. The molecule has 4 nitrogen and oxygen atoms in total. The van der Waals surface area contributed by atoms with Gasteiger partial charge in [-0.25, -0.2) is 8.42 Å². The van der Waals surface area contributed by atoms with Gasteiger partial charge in [0, 0.05) is 6.42 Å². The van der Waals surface area contributed by atoms with Crippen molar-refractivity contribution in [3.63, 3.8) is 0 Å². The largest absolute Gasteiger partial charge is 0.446 e. The van der Waals surface area contributed by atoms with E-state index in [0.717, 1.165) is 25.7 Å². The Hall–Kier alpha value is -0.840. The molecule has 1 fully saturated rings. The summed E-state index contributed by atoms with van der Waals surface area (Å²) in [6.07, 6.45) is 21.9. The highest BCUT2D eigenvalue weighted by atomic mass is 32.2. The van der Waals surface area contributed by atoms with Gasteiger partial charge in [-0.3, -0.25) is 4.79 Å². The van der Waals surface area contributed by atoms with Crippen molar-refractivity contribution in [2.24, 2.45) is 0 Å². The molecule has 0 bridgehead atoms. The zero-order valence-electron chi connectivity index (χ0n) is 17.3. The molecule has 27 heavy (non-hydrogen) atoms.